The zero-order chi connectivity index (χ0) is 15.2. The first-order valence-electron chi connectivity index (χ1n) is 6.80. The minimum atomic E-state index is -0.308. The number of fused-ring (bicyclic) bond motifs is 1. The third kappa shape index (κ3) is 3.29. The fourth-order valence-corrected chi connectivity index (χ4v) is 1.82. The molecule has 0 radical (unpaired) electrons. The Morgan fingerprint density at radius 1 is 1.14 bits per heavy atom. The normalized spacial score (nSPS) is 10.0. The van der Waals surface area contributed by atoms with Gasteiger partial charge in [0.1, 0.15) is 11.3 Å². The lowest BCUT2D eigenvalue weighted by molar-refractivity contribution is 0.486. The molecule has 3 rings (SSSR count). The molecule has 3 aromatic rings. The predicted molar refractivity (Wildman–Crippen MR) is 82.5 cm³/mol. The van der Waals surface area contributed by atoms with Crippen molar-refractivity contribution in [1.82, 2.24) is 15.0 Å². The van der Waals surface area contributed by atoms with Gasteiger partial charge in [0, 0.05) is 18.8 Å². The molecule has 0 fully saturated rings. The smallest absolute Gasteiger partial charge is 0.325 e. The second-order valence-corrected chi connectivity index (χ2v) is 4.06. The highest BCUT2D eigenvalue weighted by Gasteiger charge is 2.07. The monoisotopic (exact) mass is 286 g/mol. The number of rotatable bonds is 3. The molecule has 0 aliphatic rings. The van der Waals surface area contributed by atoms with Crippen molar-refractivity contribution >= 4 is 11.2 Å². The Balaban J connectivity index is 0.000000774. The van der Waals surface area contributed by atoms with Gasteiger partial charge in [0.15, 0.2) is 11.4 Å². The lowest BCUT2D eigenvalue weighted by Gasteiger charge is -2.06. The molecule has 110 valence electrons. The van der Waals surface area contributed by atoms with Crippen LogP contribution in [0.4, 0.5) is 0 Å². The SMILES string of the molecule is CC.NCc1ccc(Oc2ccnc3[nH]c(=O)[nH]c23)cc1. The molecule has 0 amide bonds. The van der Waals surface area contributed by atoms with Gasteiger partial charge in [-0.1, -0.05) is 26.0 Å². The maximum Gasteiger partial charge on any atom is 0.325 e. The van der Waals surface area contributed by atoms with Crippen molar-refractivity contribution in [2.45, 2.75) is 20.4 Å². The molecular formula is C15H18N4O2. The maximum atomic E-state index is 11.3. The van der Waals surface area contributed by atoms with Crippen LogP contribution in [-0.2, 0) is 6.54 Å². The first-order valence-corrected chi connectivity index (χ1v) is 6.80. The van der Waals surface area contributed by atoms with Gasteiger partial charge in [-0.15, -0.1) is 0 Å². The molecule has 0 spiro atoms. The second kappa shape index (κ2) is 6.71. The van der Waals surface area contributed by atoms with Gasteiger partial charge in [-0.25, -0.2) is 9.78 Å². The average molecular weight is 286 g/mol. The Morgan fingerprint density at radius 3 is 2.52 bits per heavy atom. The van der Waals surface area contributed by atoms with Gasteiger partial charge in [-0.2, -0.15) is 0 Å². The highest BCUT2D eigenvalue weighted by atomic mass is 16.5. The van der Waals surface area contributed by atoms with E-state index in [1.807, 2.05) is 38.1 Å². The molecule has 0 saturated heterocycles. The number of nitrogens with two attached hydrogens (primary N) is 1. The van der Waals surface area contributed by atoms with Gasteiger partial charge >= 0.3 is 5.69 Å². The van der Waals surface area contributed by atoms with Crippen molar-refractivity contribution in [3.05, 3.63) is 52.6 Å². The summed E-state index contributed by atoms with van der Waals surface area (Å²) in [7, 11) is 0. The summed E-state index contributed by atoms with van der Waals surface area (Å²) < 4.78 is 5.73. The highest BCUT2D eigenvalue weighted by Crippen LogP contribution is 2.26. The van der Waals surface area contributed by atoms with Crippen molar-refractivity contribution in [3.63, 3.8) is 0 Å². The Hall–Kier alpha value is -2.60. The summed E-state index contributed by atoms with van der Waals surface area (Å²) in [5.74, 6) is 1.22. The van der Waals surface area contributed by atoms with Crippen molar-refractivity contribution in [3.8, 4) is 11.5 Å². The van der Waals surface area contributed by atoms with E-state index in [0.29, 0.717) is 29.2 Å². The van der Waals surface area contributed by atoms with E-state index >= 15 is 0 Å². The molecule has 0 saturated carbocycles. The maximum absolute atomic E-state index is 11.3. The summed E-state index contributed by atoms with van der Waals surface area (Å²) in [5.41, 5.74) is 7.28. The van der Waals surface area contributed by atoms with Crippen LogP contribution in [0.5, 0.6) is 11.5 Å². The number of aromatic amines is 2. The van der Waals surface area contributed by atoms with Gasteiger partial charge in [0.05, 0.1) is 0 Å². The number of imidazole rings is 1. The molecule has 0 atom stereocenters. The zero-order valence-corrected chi connectivity index (χ0v) is 12.0. The number of benzene rings is 1. The standard InChI is InChI=1S/C13H12N4O2.C2H6/c14-7-8-1-3-9(4-2-8)19-10-5-6-15-12-11(10)16-13(18)17-12;1-2/h1-6H,7,14H2,(H2,15,16,17,18);1-2H3. The van der Waals surface area contributed by atoms with Crippen LogP contribution in [0.3, 0.4) is 0 Å². The molecule has 21 heavy (non-hydrogen) atoms. The third-order valence-electron chi connectivity index (χ3n) is 2.77. The van der Waals surface area contributed by atoms with E-state index in [1.165, 1.54) is 0 Å². The molecule has 6 heteroatoms. The Morgan fingerprint density at radius 2 is 1.86 bits per heavy atom. The van der Waals surface area contributed by atoms with Gasteiger partial charge in [0.2, 0.25) is 0 Å². The summed E-state index contributed by atoms with van der Waals surface area (Å²) in [6.07, 6.45) is 1.58. The van der Waals surface area contributed by atoms with E-state index in [0.717, 1.165) is 5.56 Å². The molecule has 0 aliphatic carbocycles. The van der Waals surface area contributed by atoms with E-state index in [2.05, 4.69) is 15.0 Å². The molecule has 1 aromatic carbocycles. The minimum absolute atomic E-state index is 0.308. The Kier molecular flexibility index (Phi) is 4.73. The minimum Gasteiger partial charge on any atom is -0.455 e. The summed E-state index contributed by atoms with van der Waals surface area (Å²) in [4.78, 5) is 20.5. The highest BCUT2D eigenvalue weighted by molar-refractivity contribution is 5.77. The first-order chi connectivity index (χ1) is 10.3. The first kappa shape index (κ1) is 14.8. The van der Waals surface area contributed by atoms with Crippen molar-refractivity contribution in [2.24, 2.45) is 5.73 Å². The fourth-order valence-electron chi connectivity index (χ4n) is 1.82. The van der Waals surface area contributed by atoms with E-state index < -0.39 is 0 Å². The van der Waals surface area contributed by atoms with E-state index in [1.54, 1.807) is 12.3 Å². The summed E-state index contributed by atoms with van der Waals surface area (Å²) in [5, 5.41) is 0. The van der Waals surface area contributed by atoms with Crippen LogP contribution in [0.1, 0.15) is 19.4 Å². The summed E-state index contributed by atoms with van der Waals surface area (Å²) >= 11 is 0. The Labute approximate surface area is 122 Å². The van der Waals surface area contributed by atoms with E-state index in [9.17, 15) is 4.79 Å². The van der Waals surface area contributed by atoms with Crippen molar-refractivity contribution < 1.29 is 4.74 Å². The van der Waals surface area contributed by atoms with Crippen molar-refractivity contribution in [1.29, 1.82) is 0 Å². The van der Waals surface area contributed by atoms with Gasteiger partial charge < -0.3 is 15.5 Å². The zero-order valence-electron chi connectivity index (χ0n) is 12.0. The number of hydrogen-bond acceptors (Lipinski definition) is 4. The molecule has 0 bridgehead atoms. The van der Waals surface area contributed by atoms with Crippen LogP contribution < -0.4 is 16.2 Å². The van der Waals surface area contributed by atoms with Crippen LogP contribution in [0.2, 0.25) is 0 Å². The molecule has 0 aliphatic heterocycles. The lowest BCUT2D eigenvalue weighted by atomic mass is 10.2. The molecule has 0 unspecified atom stereocenters. The molecular weight excluding hydrogens is 268 g/mol. The van der Waals surface area contributed by atoms with E-state index in [-0.39, 0.29) is 5.69 Å². The van der Waals surface area contributed by atoms with Gasteiger partial charge in [-0.05, 0) is 17.7 Å². The van der Waals surface area contributed by atoms with Crippen LogP contribution in [-0.4, -0.2) is 15.0 Å². The number of nitrogens with zero attached hydrogens (tertiary/aromatic N) is 1. The molecule has 6 nitrogen and oxygen atoms in total. The summed E-state index contributed by atoms with van der Waals surface area (Å²) in [6.45, 7) is 4.49. The topological polar surface area (TPSA) is 96.8 Å². The predicted octanol–water partition coefficient (Wildman–Crippen LogP) is 2.53. The number of hydrogen-bond donors (Lipinski definition) is 3. The largest absolute Gasteiger partial charge is 0.455 e. The molecule has 2 heterocycles. The van der Waals surface area contributed by atoms with Crippen LogP contribution in [0, 0.1) is 0 Å². The average Bonchev–Trinajstić information content (AvgIpc) is 2.91. The number of pyridine rings is 1. The lowest BCUT2D eigenvalue weighted by Crippen LogP contribution is -1.99. The summed E-state index contributed by atoms with van der Waals surface area (Å²) in [6, 6.07) is 9.16. The van der Waals surface area contributed by atoms with Crippen LogP contribution >= 0.6 is 0 Å². The van der Waals surface area contributed by atoms with Crippen LogP contribution in [0.15, 0.2) is 41.3 Å². The van der Waals surface area contributed by atoms with Crippen molar-refractivity contribution in [2.75, 3.05) is 0 Å². The van der Waals surface area contributed by atoms with Gasteiger partial charge in [0.25, 0.3) is 0 Å². The van der Waals surface area contributed by atoms with E-state index in [4.69, 9.17) is 10.5 Å². The molecule has 4 N–H and O–H groups in total. The number of aromatic nitrogens is 3. The Bertz CT molecular complexity index is 759. The third-order valence-corrected chi connectivity index (χ3v) is 2.77. The van der Waals surface area contributed by atoms with Crippen LogP contribution in [0.25, 0.3) is 11.2 Å². The number of ether oxygens (including phenoxy) is 1. The number of H-pyrrole nitrogens is 2. The fraction of sp³-hybridized carbons (Fsp3) is 0.200. The van der Waals surface area contributed by atoms with Gasteiger partial charge in [-0.3, -0.25) is 4.98 Å². The molecule has 2 aromatic heterocycles. The number of nitrogens with one attached hydrogen (secondary N) is 2. The second-order valence-electron chi connectivity index (χ2n) is 4.06. The quantitative estimate of drug-likeness (QED) is 0.689.